The summed E-state index contributed by atoms with van der Waals surface area (Å²) in [6, 6.07) is 5.17. The van der Waals surface area contributed by atoms with Crippen molar-refractivity contribution in [1.29, 1.82) is 0 Å². The second-order valence-electron chi connectivity index (χ2n) is 4.87. The van der Waals surface area contributed by atoms with Crippen molar-refractivity contribution in [2.24, 2.45) is 0 Å². The first-order valence-electron chi connectivity index (χ1n) is 5.93. The molecule has 0 saturated heterocycles. The molecule has 0 aromatic heterocycles. The average molecular weight is 311 g/mol. The van der Waals surface area contributed by atoms with Gasteiger partial charge in [0.2, 0.25) is 0 Å². The van der Waals surface area contributed by atoms with Crippen molar-refractivity contribution in [2.75, 3.05) is 0 Å². The lowest BCUT2D eigenvalue weighted by Crippen LogP contribution is -2.57. The van der Waals surface area contributed by atoms with E-state index in [0.29, 0.717) is 6.08 Å². The number of alkyl halides is 7. The van der Waals surface area contributed by atoms with Crippen molar-refractivity contribution in [3.05, 3.63) is 53.5 Å². The molecule has 115 valence electrons. The van der Waals surface area contributed by atoms with Gasteiger partial charge in [-0.1, -0.05) is 35.9 Å². The van der Waals surface area contributed by atoms with Gasteiger partial charge in [-0.05, 0) is 18.1 Å². The molecule has 2 rings (SSSR count). The molecule has 0 heterocycles. The zero-order valence-electron chi connectivity index (χ0n) is 10.7. The normalized spacial score (nSPS) is 20.0. The fourth-order valence-corrected chi connectivity index (χ4v) is 2.41. The Hall–Kier alpha value is -1.53. The van der Waals surface area contributed by atoms with Crippen LogP contribution in [0.3, 0.4) is 0 Å². The Balaban J connectivity index is 2.68. The van der Waals surface area contributed by atoms with Crippen molar-refractivity contribution < 1.29 is 30.7 Å². The third kappa shape index (κ3) is 2.42. The summed E-state index contributed by atoms with van der Waals surface area (Å²) in [5.41, 5.74) is -5.36. The Morgan fingerprint density at radius 1 is 0.857 bits per heavy atom. The topological polar surface area (TPSA) is 0 Å². The summed E-state index contributed by atoms with van der Waals surface area (Å²) >= 11 is 0. The minimum Gasteiger partial charge on any atom is -0.222 e. The van der Waals surface area contributed by atoms with E-state index in [1.54, 1.807) is 0 Å². The van der Waals surface area contributed by atoms with Gasteiger partial charge >= 0.3 is 18.0 Å². The Kier molecular flexibility index (Phi) is 3.58. The molecular formula is C14H10F7. The van der Waals surface area contributed by atoms with Gasteiger partial charge in [0.05, 0.1) is 5.92 Å². The van der Waals surface area contributed by atoms with Crippen molar-refractivity contribution in [2.45, 2.75) is 30.9 Å². The standard InChI is InChI=1S/C14H10F7/c1-8-6-9-4-2-3-5-10(9)11(7-8)12(15,13(16,17)18)14(19,20)21/h2-7,11H,1H3. The number of benzene rings is 1. The second-order valence-corrected chi connectivity index (χ2v) is 4.87. The van der Waals surface area contributed by atoms with Crippen LogP contribution in [0.15, 0.2) is 35.9 Å². The van der Waals surface area contributed by atoms with E-state index in [1.807, 2.05) is 0 Å². The zero-order chi connectivity index (χ0) is 16.1. The van der Waals surface area contributed by atoms with E-state index in [9.17, 15) is 30.7 Å². The number of rotatable bonds is 1. The van der Waals surface area contributed by atoms with Crippen LogP contribution in [0.2, 0.25) is 0 Å². The molecule has 0 nitrogen and oxygen atoms in total. The first-order valence-corrected chi connectivity index (χ1v) is 5.93. The molecule has 21 heavy (non-hydrogen) atoms. The van der Waals surface area contributed by atoms with E-state index in [-0.39, 0.29) is 16.7 Å². The first kappa shape index (κ1) is 15.9. The second kappa shape index (κ2) is 4.74. The number of halogens is 7. The molecule has 1 unspecified atom stereocenters. The smallest absolute Gasteiger partial charge is 0.222 e. The zero-order valence-corrected chi connectivity index (χ0v) is 10.7. The highest BCUT2D eigenvalue weighted by Crippen LogP contribution is 2.56. The molecule has 7 heteroatoms. The number of allylic oxidation sites excluding steroid dienone is 2. The molecule has 0 bridgehead atoms. The van der Waals surface area contributed by atoms with Gasteiger partial charge in [-0.15, -0.1) is 0 Å². The lowest BCUT2D eigenvalue weighted by atomic mass is 9.75. The number of hydrogen-bond donors (Lipinski definition) is 0. The van der Waals surface area contributed by atoms with Crippen LogP contribution < -0.4 is 0 Å². The van der Waals surface area contributed by atoms with Crippen molar-refractivity contribution in [1.82, 2.24) is 0 Å². The van der Waals surface area contributed by atoms with Crippen LogP contribution in [0, 0.1) is 6.42 Å². The van der Waals surface area contributed by atoms with E-state index in [1.165, 1.54) is 31.5 Å². The minimum absolute atomic E-state index is 0.147. The lowest BCUT2D eigenvalue weighted by Gasteiger charge is -2.38. The average Bonchev–Trinajstić information content (AvgIpc) is 2.34. The van der Waals surface area contributed by atoms with Gasteiger partial charge in [-0.2, -0.15) is 26.3 Å². The van der Waals surface area contributed by atoms with Crippen LogP contribution >= 0.6 is 0 Å². The maximum Gasteiger partial charge on any atom is 0.432 e. The molecule has 1 radical (unpaired) electrons. The van der Waals surface area contributed by atoms with Gasteiger partial charge in [-0.3, -0.25) is 0 Å². The third-order valence-corrected chi connectivity index (χ3v) is 3.40. The summed E-state index contributed by atoms with van der Waals surface area (Å²) in [5, 5.41) is 0. The Labute approximate surface area is 116 Å². The molecule has 0 aliphatic heterocycles. The molecule has 1 aliphatic rings. The highest BCUT2D eigenvalue weighted by molar-refractivity contribution is 5.50. The van der Waals surface area contributed by atoms with Gasteiger partial charge in [-0.25, -0.2) is 4.39 Å². The maximum atomic E-state index is 14.2. The van der Waals surface area contributed by atoms with E-state index < -0.39 is 23.9 Å². The summed E-state index contributed by atoms with van der Waals surface area (Å²) < 4.78 is 91.5. The summed E-state index contributed by atoms with van der Waals surface area (Å²) in [6.07, 6.45) is -10.1. The van der Waals surface area contributed by atoms with Crippen LogP contribution in [0.25, 0.3) is 0 Å². The molecular weight excluding hydrogens is 301 g/mol. The highest BCUT2D eigenvalue weighted by atomic mass is 19.4. The quantitative estimate of drug-likeness (QED) is 0.632. The molecule has 0 fully saturated rings. The van der Waals surface area contributed by atoms with Crippen LogP contribution in [0.4, 0.5) is 30.7 Å². The molecule has 0 spiro atoms. The summed E-state index contributed by atoms with van der Waals surface area (Å²) in [7, 11) is 0. The monoisotopic (exact) mass is 311 g/mol. The summed E-state index contributed by atoms with van der Waals surface area (Å²) in [5.74, 6) is -2.46. The van der Waals surface area contributed by atoms with Crippen LogP contribution in [-0.4, -0.2) is 18.0 Å². The van der Waals surface area contributed by atoms with Gasteiger partial charge in [0.25, 0.3) is 0 Å². The Bertz CT molecular complexity index is 551. The fraction of sp³-hybridized carbons (Fsp3) is 0.357. The SMILES string of the molecule is CC1=CC(C(F)(C(F)(F)F)C(F)(F)F)c2ccccc2[CH]1. The Morgan fingerprint density at radius 3 is 1.90 bits per heavy atom. The van der Waals surface area contributed by atoms with E-state index in [4.69, 9.17) is 0 Å². The fourth-order valence-electron chi connectivity index (χ4n) is 2.41. The van der Waals surface area contributed by atoms with E-state index in [2.05, 4.69) is 0 Å². The molecule has 0 N–H and O–H groups in total. The van der Waals surface area contributed by atoms with Gasteiger partial charge in [0.1, 0.15) is 0 Å². The van der Waals surface area contributed by atoms with E-state index in [0.717, 1.165) is 6.07 Å². The molecule has 0 saturated carbocycles. The lowest BCUT2D eigenvalue weighted by molar-refractivity contribution is -0.345. The van der Waals surface area contributed by atoms with Gasteiger partial charge < -0.3 is 0 Å². The predicted molar refractivity (Wildman–Crippen MR) is 62.3 cm³/mol. The van der Waals surface area contributed by atoms with Crippen molar-refractivity contribution in [3.63, 3.8) is 0 Å². The van der Waals surface area contributed by atoms with Crippen LogP contribution in [-0.2, 0) is 0 Å². The van der Waals surface area contributed by atoms with Crippen LogP contribution in [0.5, 0.6) is 0 Å². The molecule has 1 aromatic rings. The molecule has 1 aromatic carbocycles. The van der Waals surface area contributed by atoms with Gasteiger partial charge in [0.15, 0.2) is 0 Å². The molecule has 1 atom stereocenters. The van der Waals surface area contributed by atoms with Crippen molar-refractivity contribution in [3.8, 4) is 0 Å². The van der Waals surface area contributed by atoms with E-state index >= 15 is 0 Å². The van der Waals surface area contributed by atoms with Crippen molar-refractivity contribution >= 4 is 0 Å². The largest absolute Gasteiger partial charge is 0.432 e. The predicted octanol–water partition coefficient (Wildman–Crippen LogP) is 5.12. The Morgan fingerprint density at radius 2 is 1.38 bits per heavy atom. The maximum absolute atomic E-state index is 14.2. The van der Waals surface area contributed by atoms with Gasteiger partial charge in [0, 0.05) is 6.42 Å². The summed E-state index contributed by atoms with van der Waals surface area (Å²) in [6.45, 7) is 1.33. The molecule has 0 amide bonds. The third-order valence-electron chi connectivity index (χ3n) is 3.40. The van der Waals surface area contributed by atoms with Crippen LogP contribution in [0.1, 0.15) is 24.0 Å². The summed E-state index contributed by atoms with van der Waals surface area (Å²) in [4.78, 5) is 0. The number of fused-ring (bicyclic) bond motifs is 1. The molecule has 1 aliphatic carbocycles. The minimum atomic E-state index is -6.07. The number of hydrogen-bond acceptors (Lipinski definition) is 0. The first-order chi connectivity index (χ1) is 9.48. The highest BCUT2D eigenvalue weighted by Gasteiger charge is 2.76.